The van der Waals surface area contributed by atoms with Gasteiger partial charge in [0.15, 0.2) is 17.5 Å². The molecule has 4 aromatic rings. The molecule has 2 unspecified atom stereocenters. The Labute approximate surface area is 253 Å². The van der Waals surface area contributed by atoms with E-state index in [9.17, 15) is 18.0 Å². The molecule has 0 bridgehead atoms. The van der Waals surface area contributed by atoms with Gasteiger partial charge < -0.3 is 30.5 Å². The van der Waals surface area contributed by atoms with Crippen molar-refractivity contribution in [1.82, 2.24) is 9.97 Å². The number of halogens is 4. The van der Waals surface area contributed by atoms with Crippen molar-refractivity contribution in [2.45, 2.75) is 32.3 Å². The van der Waals surface area contributed by atoms with Crippen LogP contribution in [0.2, 0.25) is 5.02 Å². The lowest BCUT2D eigenvalue weighted by molar-refractivity contribution is -0.109. The van der Waals surface area contributed by atoms with Gasteiger partial charge in [-0.25, -0.2) is 23.1 Å². The summed E-state index contributed by atoms with van der Waals surface area (Å²) in [6.07, 6.45) is 1.13. The molecule has 2 aromatic carbocycles. The number of aryl methyl sites for hydroxylation is 1. The number of nitrogens with zero attached hydrogens (tertiary/aromatic N) is 2. The molecule has 0 amide bonds. The Bertz CT molecular complexity index is 1610. The summed E-state index contributed by atoms with van der Waals surface area (Å²) in [4.78, 5) is 19.9. The van der Waals surface area contributed by atoms with Gasteiger partial charge in [0, 0.05) is 35.7 Å². The summed E-state index contributed by atoms with van der Waals surface area (Å²) in [6.45, 7) is 4.28. The van der Waals surface area contributed by atoms with Crippen LogP contribution in [0.15, 0.2) is 36.4 Å². The number of pyridine rings is 2. The fourth-order valence-electron chi connectivity index (χ4n) is 4.45. The molecule has 230 valence electrons. The first-order valence-corrected chi connectivity index (χ1v) is 13.7. The smallest absolute Gasteiger partial charge is 0.195 e. The lowest BCUT2D eigenvalue weighted by atomic mass is 9.98. The lowest BCUT2D eigenvalue weighted by Gasteiger charge is -2.14. The van der Waals surface area contributed by atoms with Crippen molar-refractivity contribution >= 4 is 28.8 Å². The van der Waals surface area contributed by atoms with Gasteiger partial charge in [-0.1, -0.05) is 11.6 Å². The Kier molecular flexibility index (Phi) is 11.8. The number of ether oxygens (including phenoxy) is 3. The normalized spacial score (nSPS) is 14.1. The van der Waals surface area contributed by atoms with Crippen LogP contribution in [0, 0.1) is 24.4 Å². The number of carbonyl (C=O) groups excluding carboxylic acids is 1. The second kappa shape index (κ2) is 15.1. The summed E-state index contributed by atoms with van der Waals surface area (Å²) >= 11 is 6.11. The molecule has 5 rings (SSSR count). The lowest BCUT2D eigenvalue weighted by Crippen LogP contribution is -2.07. The number of aldehydes is 1. The van der Waals surface area contributed by atoms with Gasteiger partial charge in [-0.3, -0.25) is 0 Å². The van der Waals surface area contributed by atoms with Crippen LogP contribution in [0.25, 0.3) is 22.2 Å². The molecule has 0 fully saturated rings. The standard InChI is InChI=1S/C16H13F3N2O2.C14H16ClNO2.CH5N/c17-12-2-1-10(13(18)14(12)19)15-16-11(8(6-22)7-23-16)5-9(21-15)3-4-20;1-8-12(15)6-11-5-10(9(2)17-3)7-13(18-4)14(11)16-8;1-2/h1-2,5-6,8H,3-4,7,20H2;5-7,9H,1-4H3;2H2,1H3. The molecule has 0 saturated carbocycles. The summed E-state index contributed by atoms with van der Waals surface area (Å²) in [6, 6.07) is 9.49. The molecule has 2 atom stereocenters. The predicted octanol–water partition coefficient (Wildman–Crippen LogP) is 5.83. The molecule has 12 heteroatoms. The number of nitrogens with two attached hydrogens (primary N) is 2. The molecule has 1 aliphatic rings. The minimum atomic E-state index is -1.58. The van der Waals surface area contributed by atoms with E-state index in [4.69, 9.17) is 31.5 Å². The zero-order chi connectivity index (χ0) is 31.8. The third-order valence-electron chi connectivity index (χ3n) is 6.79. The summed E-state index contributed by atoms with van der Waals surface area (Å²) in [5, 5.41) is 1.62. The monoisotopic (exact) mass is 618 g/mol. The highest BCUT2D eigenvalue weighted by molar-refractivity contribution is 6.31. The summed E-state index contributed by atoms with van der Waals surface area (Å²) in [5.74, 6) is -3.75. The van der Waals surface area contributed by atoms with E-state index in [0.717, 1.165) is 46.3 Å². The number of fused-ring (bicyclic) bond motifs is 2. The van der Waals surface area contributed by atoms with Crippen molar-refractivity contribution in [3.05, 3.63) is 81.4 Å². The van der Waals surface area contributed by atoms with Crippen LogP contribution in [-0.4, -0.2) is 50.7 Å². The molecule has 0 spiro atoms. The highest BCUT2D eigenvalue weighted by Crippen LogP contribution is 2.41. The van der Waals surface area contributed by atoms with Crippen LogP contribution in [-0.2, 0) is 16.0 Å². The average molecular weight is 619 g/mol. The van der Waals surface area contributed by atoms with Gasteiger partial charge in [0.05, 0.1) is 29.8 Å². The largest absolute Gasteiger partial charge is 0.494 e. The quantitative estimate of drug-likeness (QED) is 0.196. The SMILES string of the molecule is CN.COc1cc(C(C)OC)cc2cc(Cl)c(C)nc12.NCCc1cc2c(c(-c3ccc(F)c(F)c3F)n1)OCC2C=O. The number of rotatable bonds is 7. The summed E-state index contributed by atoms with van der Waals surface area (Å²) < 4.78 is 56.9. The molecule has 0 aliphatic carbocycles. The van der Waals surface area contributed by atoms with Crippen LogP contribution in [0.5, 0.6) is 11.5 Å². The predicted molar refractivity (Wildman–Crippen MR) is 160 cm³/mol. The molecule has 3 heterocycles. The Morgan fingerprint density at radius 2 is 1.84 bits per heavy atom. The number of carbonyl (C=O) groups is 1. The molecule has 0 radical (unpaired) electrons. The molecule has 8 nitrogen and oxygen atoms in total. The van der Waals surface area contributed by atoms with E-state index in [0.29, 0.717) is 29.2 Å². The van der Waals surface area contributed by atoms with Crippen molar-refractivity contribution in [3.8, 4) is 22.8 Å². The Balaban J connectivity index is 0.000000229. The zero-order valence-corrected chi connectivity index (χ0v) is 25.3. The van der Waals surface area contributed by atoms with Crippen molar-refractivity contribution < 1.29 is 32.2 Å². The average Bonchev–Trinajstić information content (AvgIpc) is 3.44. The number of aromatic nitrogens is 2. The van der Waals surface area contributed by atoms with Crippen molar-refractivity contribution in [2.24, 2.45) is 11.5 Å². The number of benzene rings is 2. The molecule has 1 aliphatic heterocycles. The van der Waals surface area contributed by atoms with Crippen LogP contribution < -0.4 is 20.9 Å². The van der Waals surface area contributed by atoms with Crippen molar-refractivity contribution in [2.75, 3.05) is 34.4 Å². The van der Waals surface area contributed by atoms with Gasteiger partial charge >= 0.3 is 0 Å². The Morgan fingerprint density at radius 1 is 1.12 bits per heavy atom. The van der Waals surface area contributed by atoms with Gasteiger partial charge in [-0.15, -0.1) is 0 Å². The molecule has 4 N–H and O–H groups in total. The van der Waals surface area contributed by atoms with Crippen LogP contribution in [0.3, 0.4) is 0 Å². The van der Waals surface area contributed by atoms with E-state index in [1.165, 1.54) is 7.05 Å². The second-order valence-electron chi connectivity index (χ2n) is 9.42. The Morgan fingerprint density at radius 3 is 2.47 bits per heavy atom. The van der Waals surface area contributed by atoms with Gasteiger partial charge in [0.2, 0.25) is 0 Å². The van der Waals surface area contributed by atoms with Crippen LogP contribution in [0.4, 0.5) is 13.2 Å². The topological polar surface area (TPSA) is 123 Å². The van der Waals surface area contributed by atoms with E-state index >= 15 is 0 Å². The van der Waals surface area contributed by atoms with Gasteiger partial charge in [0.1, 0.15) is 35.6 Å². The molecule has 0 saturated heterocycles. The van der Waals surface area contributed by atoms with E-state index in [2.05, 4.69) is 15.7 Å². The third-order valence-corrected chi connectivity index (χ3v) is 7.18. The highest BCUT2D eigenvalue weighted by atomic mass is 35.5. The fourth-order valence-corrected chi connectivity index (χ4v) is 4.61. The maximum absolute atomic E-state index is 14.1. The minimum absolute atomic E-state index is 0.00313. The zero-order valence-electron chi connectivity index (χ0n) is 24.5. The number of hydrogen-bond acceptors (Lipinski definition) is 8. The van der Waals surface area contributed by atoms with Crippen LogP contribution >= 0.6 is 11.6 Å². The van der Waals surface area contributed by atoms with Gasteiger partial charge in [0.25, 0.3) is 0 Å². The van der Waals surface area contributed by atoms with E-state index in [1.54, 1.807) is 20.3 Å². The van der Waals surface area contributed by atoms with Crippen molar-refractivity contribution in [3.63, 3.8) is 0 Å². The number of methoxy groups -OCH3 is 2. The second-order valence-corrected chi connectivity index (χ2v) is 9.83. The van der Waals surface area contributed by atoms with E-state index < -0.39 is 23.4 Å². The first kappa shape index (κ1) is 33.7. The highest BCUT2D eigenvalue weighted by Gasteiger charge is 2.30. The minimum Gasteiger partial charge on any atom is -0.494 e. The maximum atomic E-state index is 14.1. The first-order chi connectivity index (χ1) is 20.6. The summed E-state index contributed by atoms with van der Waals surface area (Å²) in [7, 11) is 4.82. The number of hydrogen-bond donors (Lipinski definition) is 2. The molecular formula is C31H34ClF3N4O4. The maximum Gasteiger partial charge on any atom is 0.195 e. The first-order valence-electron chi connectivity index (χ1n) is 13.3. The summed E-state index contributed by atoms with van der Waals surface area (Å²) in [5.41, 5.74) is 13.6. The van der Waals surface area contributed by atoms with Crippen molar-refractivity contribution in [1.29, 1.82) is 0 Å². The Hall–Kier alpha value is -3.77. The molecule has 2 aromatic heterocycles. The fraction of sp³-hybridized carbons (Fsp3) is 0.323. The van der Waals surface area contributed by atoms with E-state index in [1.807, 2.05) is 32.0 Å². The molecule has 43 heavy (non-hydrogen) atoms. The van der Waals surface area contributed by atoms with Crippen LogP contribution in [0.1, 0.15) is 41.5 Å². The van der Waals surface area contributed by atoms with Gasteiger partial charge in [-0.2, -0.15) is 0 Å². The van der Waals surface area contributed by atoms with E-state index in [-0.39, 0.29) is 29.7 Å². The molecular weight excluding hydrogens is 585 g/mol. The third kappa shape index (κ3) is 7.24. The van der Waals surface area contributed by atoms with Gasteiger partial charge in [-0.05, 0) is 69.4 Å².